The lowest BCUT2D eigenvalue weighted by molar-refractivity contribution is 0.126. The van der Waals surface area contributed by atoms with Crippen LogP contribution in [-0.4, -0.2) is 48.0 Å². The van der Waals surface area contributed by atoms with E-state index in [9.17, 15) is 0 Å². The molecule has 0 aliphatic carbocycles. The molecule has 0 aliphatic heterocycles. The first-order valence-electron chi connectivity index (χ1n) is 5.14. The molecule has 1 rings (SSSR count). The van der Waals surface area contributed by atoms with Crippen LogP contribution in [0.4, 0.5) is 0 Å². The Morgan fingerprint density at radius 1 is 1.31 bits per heavy atom. The van der Waals surface area contributed by atoms with Crippen LogP contribution in [0.2, 0.25) is 4.34 Å². The molecule has 1 heterocycles. The van der Waals surface area contributed by atoms with E-state index in [-0.39, 0.29) is 19.3 Å². The van der Waals surface area contributed by atoms with Crippen molar-refractivity contribution >= 4 is 22.9 Å². The Bertz CT molecular complexity index is 303. The molecule has 6 heteroatoms. The van der Waals surface area contributed by atoms with Crippen molar-refractivity contribution in [3.63, 3.8) is 0 Å². The second-order valence-corrected chi connectivity index (χ2v) is 5.12. The van der Waals surface area contributed by atoms with E-state index in [1.165, 1.54) is 11.3 Å². The first-order valence-corrected chi connectivity index (χ1v) is 6.33. The fourth-order valence-electron chi connectivity index (χ4n) is 1.63. The number of nitrogens with two attached hydrogens (primary N) is 1. The second-order valence-electron chi connectivity index (χ2n) is 3.38. The predicted octanol–water partition coefficient (Wildman–Crippen LogP) is 0.688. The lowest BCUT2D eigenvalue weighted by Gasteiger charge is -2.28. The molecule has 0 amide bonds. The molecule has 1 atom stereocenters. The Balaban J connectivity index is 2.76. The maximum atomic E-state index is 8.97. The summed E-state index contributed by atoms with van der Waals surface area (Å²) in [6, 6.07) is 3.78. The van der Waals surface area contributed by atoms with Crippen molar-refractivity contribution in [3.05, 3.63) is 21.3 Å². The first-order chi connectivity index (χ1) is 7.72. The Morgan fingerprint density at radius 2 is 1.94 bits per heavy atom. The highest BCUT2D eigenvalue weighted by atomic mass is 35.5. The Labute approximate surface area is 104 Å². The molecule has 1 unspecified atom stereocenters. The minimum Gasteiger partial charge on any atom is -0.395 e. The van der Waals surface area contributed by atoms with E-state index < -0.39 is 0 Å². The van der Waals surface area contributed by atoms with Gasteiger partial charge in [-0.3, -0.25) is 4.90 Å². The zero-order chi connectivity index (χ0) is 12.0. The number of halogens is 1. The monoisotopic (exact) mass is 264 g/mol. The Kier molecular flexibility index (Phi) is 6.26. The van der Waals surface area contributed by atoms with Crippen LogP contribution in [0.15, 0.2) is 12.1 Å². The summed E-state index contributed by atoms with van der Waals surface area (Å²) in [5, 5.41) is 17.9. The number of thiophene rings is 1. The minimum absolute atomic E-state index is 0.0109. The summed E-state index contributed by atoms with van der Waals surface area (Å²) in [5.41, 5.74) is 5.73. The number of nitrogens with zero attached hydrogens (tertiary/aromatic N) is 1. The second kappa shape index (κ2) is 7.21. The zero-order valence-corrected chi connectivity index (χ0v) is 10.5. The van der Waals surface area contributed by atoms with E-state index in [1.54, 1.807) is 0 Å². The molecule has 92 valence electrons. The summed E-state index contributed by atoms with van der Waals surface area (Å²) in [6.07, 6.45) is 0. The molecule has 0 radical (unpaired) electrons. The topological polar surface area (TPSA) is 69.7 Å². The quantitative estimate of drug-likeness (QED) is 0.678. The van der Waals surface area contributed by atoms with Gasteiger partial charge in [0.15, 0.2) is 0 Å². The van der Waals surface area contributed by atoms with Crippen LogP contribution < -0.4 is 5.73 Å². The van der Waals surface area contributed by atoms with Gasteiger partial charge < -0.3 is 15.9 Å². The standard InChI is InChI=1S/C10H17ClN2O2S/c11-10-2-1-9(16-10)8(7-12)13(3-5-14)4-6-15/h1-2,8,14-15H,3-7,12H2. The summed E-state index contributed by atoms with van der Waals surface area (Å²) in [6.45, 7) is 1.54. The summed E-state index contributed by atoms with van der Waals surface area (Å²) in [7, 11) is 0. The minimum atomic E-state index is 0.0109. The average Bonchev–Trinajstić information content (AvgIpc) is 2.67. The van der Waals surface area contributed by atoms with E-state index in [4.69, 9.17) is 27.5 Å². The Morgan fingerprint density at radius 3 is 2.31 bits per heavy atom. The van der Waals surface area contributed by atoms with Gasteiger partial charge in [-0.1, -0.05) is 11.6 Å². The predicted molar refractivity (Wildman–Crippen MR) is 66.9 cm³/mol. The van der Waals surface area contributed by atoms with Gasteiger partial charge in [0, 0.05) is 24.5 Å². The van der Waals surface area contributed by atoms with Crippen molar-refractivity contribution in [1.29, 1.82) is 0 Å². The van der Waals surface area contributed by atoms with E-state index in [1.807, 2.05) is 17.0 Å². The molecular weight excluding hydrogens is 248 g/mol. The highest BCUT2D eigenvalue weighted by molar-refractivity contribution is 7.16. The van der Waals surface area contributed by atoms with Crippen LogP contribution in [0.5, 0.6) is 0 Å². The van der Waals surface area contributed by atoms with Crippen LogP contribution >= 0.6 is 22.9 Å². The molecular formula is C10H17ClN2O2S. The third-order valence-electron chi connectivity index (χ3n) is 2.36. The molecule has 0 saturated carbocycles. The SMILES string of the molecule is NCC(c1ccc(Cl)s1)N(CCO)CCO. The van der Waals surface area contributed by atoms with Crippen LogP contribution in [0.3, 0.4) is 0 Å². The largest absolute Gasteiger partial charge is 0.395 e. The highest BCUT2D eigenvalue weighted by Crippen LogP contribution is 2.29. The lowest BCUT2D eigenvalue weighted by atomic mass is 10.2. The number of hydrogen-bond donors (Lipinski definition) is 3. The maximum Gasteiger partial charge on any atom is 0.0931 e. The molecule has 0 spiro atoms. The van der Waals surface area contributed by atoms with Crippen molar-refractivity contribution in [1.82, 2.24) is 4.90 Å². The van der Waals surface area contributed by atoms with Gasteiger partial charge in [-0.05, 0) is 12.1 Å². The van der Waals surface area contributed by atoms with Crippen LogP contribution in [0.1, 0.15) is 10.9 Å². The number of aliphatic hydroxyl groups excluding tert-OH is 2. The molecule has 1 aromatic rings. The lowest BCUT2D eigenvalue weighted by Crippen LogP contribution is -2.37. The number of aliphatic hydroxyl groups is 2. The van der Waals surface area contributed by atoms with E-state index in [2.05, 4.69) is 0 Å². The van der Waals surface area contributed by atoms with E-state index >= 15 is 0 Å². The first kappa shape index (κ1) is 13.9. The van der Waals surface area contributed by atoms with Gasteiger partial charge in [0.25, 0.3) is 0 Å². The molecule has 16 heavy (non-hydrogen) atoms. The van der Waals surface area contributed by atoms with Gasteiger partial charge in [-0.15, -0.1) is 11.3 Å². The smallest absolute Gasteiger partial charge is 0.0931 e. The van der Waals surface area contributed by atoms with Crippen molar-refractivity contribution < 1.29 is 10.2 Å². The maximum absolute atomic E-state index is 8.97. The number of rotatable bonds is 7. The van der Waals surface area contributed by atoms with Gasteiger partial charge in [0.05, 0.1) is 23.6 Å². The van der Waals surface area contributed by atoms with Crippen molar-refractivity contribution in [3.8, 4) is 0 Å². The molecule has 1 aromatic heterocycles. The van der Waals surface area contributed by atoms with E-state index in [0.717, 1.165) is 9.21 Å². The number of hydrogen-bond acceptors (Lipinski definition) is 5. The summed E-state index contributed by atoms with van der Waals surface area (Å²) < 4.78 is 0.724. The van der Waals surface area contributed by atoms with Gasteiger partial charge >= 0.3 is 0 Å². The van der Waals surface area contributed by atoms with Crippen molar-refractivity contribution in [2.75, 3.05) is 32.8 Å². The molecule has 0 saturated heterocycles. The van der Waals surface area contributed by atoms with Gasteiger partial charge in [0.2, 0.25) is 0 Å². The average molecular weight is 265 g/mol. The normalized spacial score (nSPS) is 13.3. The third kappa shape index (κ3) is 3.69. The molecule has 4 N–H and O–H groups in total. The molecule has 0 fully saturated rings. The summed E-state index contributed by atoms with van der Waals surface area (Å²) in [5.74, 6) is 0. The van der Waals surface area contributed by atoms with Crippen LogP contribution in [0.25, 0.3) is 0 Å². The fraction of sp³-hybridized carbons (Fsp3) is 0.600. The van der Waals surface area contributed by atoms with E-state index in [0.29, 0.717) is 19.6 Å². The van der Waals surface area contributed by atoms with Gasteiger partial charge in [-0.2, -0.15) is 0 Å². The van der Waals surface area contributed by atoms with Crippen LogP contribution in [-0.2, 0) is 0 Å². The van der Waals surface area contributed by atoms with Crippen LogP contribution in [0, 0.1) is 0 Å². The molecule has 0 aromatic carbocycles. The summed E-state index contributed by atoms with van der Waals surface area (Å²) >= 11 is 7.36. The van der Waals surface area contributed by atoms with Gasteiger partial charge in [0.1, 0.15) is 0 Å². The van der Waals surface area contributed by atoms with Crippen molar-refractivity contribution in [2.24, 2.45) is 5.73 Å². The fourth-order valence-corrected chi connectivity index (χ4v) is 2.84. The molecule has 0 bridgehead atoms. The third-order valence-corrected chi connectivity index (χ3v) is 3.69. The van der Waals surface area contributed by atoms with Crippen molar-refractivity contribution in [2.45, 2.75) is 6.04 Å². The Hall–Kier alpha value is -0.170. The highest BCUT2D eigenvalue weighted by Gasteiger charge is 2.19. The molecule has 0 aliphatic rings. The zero-order valence-electron chi connectivity index (χ0n) is 8.97. The van der Waals surface area contributed by atoms with Gasteiger partial charge in [-0.25, -0.2) is 0 Å². The molecule has 4 nitrogen and oxygen atoms in total. The summed E-state index contributed by atoms with van der Waals surface area (Å²) in [4.78, 5) is 3.02.